The van der Waals surface area contributed by atoms with Crippen molar-refractivity contribution in [2.45, 2.75) is 25.8 Å². The van der Waals surface area contributed by atoms with E-state index in [0.717, 1.165) is 5.56 Å². The van der Waals surface area contributed by atoms with Crippen molar-refractivity contribution in [1.29, 1.82) is 0 Å². The van der Waals surface area contributed by atoms with Gasteiger partial charge in [0.2, 0.25) is 0 Å². The first kappa shape index (κ1) is 22.6. The summed E-state index contributed by atoms with van der Waals surface area (Å²) < 4.78 is 5.24. The molecule has 1 aliphatic heterocycles. The quantitative estimate of drug-likeness (QED) is 0.308. The van der Waals surface area contributed by atoms with Gasteiger partial charge in [0.15, 0.2) is 0 Å². The number of hydrogen-bond donors (Lipinski definition) is 1. The second-order valence-corrected chi connectivity index (χ2v) is 8.45. The van der Waals surface area contributed by atoms with Crippen LogP contribution in [0.2, 0.25) is 5.02 Å². The molecule has 2 heterocycles. The van der Waals surface area contributed by atoms with Crippen LogP contribution in [-0.4, -0.2) is 28.9 Å². The van der Waals surface area contributed by atoms with Crippen molar-refractivity contribution in [3.8, 4) is 5.75 Å². The lowest BCUT2D eigenvalue weighted by molar-refractivity contribution is -0.132. The minimum absolute atomic E-state index is 0.0592. The average Bonchev–Trinajstić information content (AvgIpc) is 3.10. The molecule has 1 unspecified atom stereocenters. The second-order valence-electron chi connectivity index (χ2n) is 8.05. The van der Waals surface area contributed by atoms with Gasteiger partial charge in [0.1, 0.15) is 11.5 Å². The topological polar surface area (TPSA) is 79.7 Å². The number of aliphatic hydroxyl groups is 1. The summed E-state index contributed by atoms with van der Waals surface area (Å²) in [4.78, 5) is 32.0. The summed E-state index contributed by atoms with van der Waals surface area (Å²) in [6.07, 6.45) is 3.18. The van der Waals surface area contributed by atoms with Gasteiger partial charge in [-0.3, -0.25) is 19.5 Å². The molecule has 0 bridgehead atoms. The molecule has 1 fully saturated rings. The highest BCUT2D eigenvalue weighted by molar-refractivity contribution is 6.52. The van der Waals surface area contributed by atoms with Crippen molar-refractivity contribution in [2.75, 3.05) is 12.0 Å². The van der Waals surface area contributed by atoms with Gasteiger partial charge in [0.05, 0.1) is 23.7 Å². The van der Waals surface area contributed by atoms with Gasteiger partial charge in [-0.2, -0.15) is 0 Å². The SMILES string of the molecule is COc1ccc(Cl)c(/C(O)=C2\C(=O)C(=O)N(c3ccc(C(C)C)cc3)C2c2cccnc2)c1. The van der Waals surface area contributed by atoms with Crippen LogP contribution in [-0.2, 0) is 9.59 Å². The fraction of sp³-hybridized carbons (Fsp3) is 0.192. The number of rotatable bonds is 5. The first-order valence-electron chi connectivity index (χ1n) is 10.5. The van der Waals surface area contributed by atoms with Crippen LogP contribution >= 0.6 is 11.6 Å². The van der Waals surface area contributed by atoms with Crippen LogP contribution in [0.3, 0.4) is 0 Å². The molecule has 2 aromatic carbocycles. The van der Waals surface area contributed by atoms with Crippen molar-refractivity contribution < 1.29 is 19.4 Å². The number of anilines is 1. The van der Waals surface area contributed by atoms with E-state index in [1.54, 1.807) is 36.7 Å². The number of Topliss-reactive ketones (excluding diaryl/α,β-unsaturated/α-hetero) is 1. The van der Waals surface area contributed by atoms with Crippen LogP contribution in [0.15, 0.2) is 72.6 Å². The van der Waals surface area contributed by atoms with Crippen LogP contribution in [0, 0.1) is 0 Å². The maximum absolute atomic E-state index is 13.2. The first-order chi connectivity index (χ1) is 15.8. The number of carbonyl (C=O) groups is 2. The molecule has 1 aliphatic rings. The van der Waals surface area contributed by atoms with Crippen molar-refractivity contribution in [3.05, 3.63) is 94.3 Å². The van der Waals surface area contributed by atoms with Crippen molar-refractivity contribution in [1.82, 2.24) is 4.98 Å². The molecule has 0 aliphatic carbocycles. The third-order valence-corrected chi connectivity index (χ3v) is 6.04. The Morgan fingerprint density at radius 1 is 1.12 bits per heavy atom. The summed E-state index contributed by atoms with van der Waals surface area (Å²) in [5.41, 5.74) is 2.39. The van der Waals surface area contributed by atoms with Crippen LogP contribution in [0.25, 0.3) is 5.76 Å². The molecule has 1 N–H and O–H groups in total. The van der Waals surface area contributed by atoms with Crippen LogP contribution < -0.4 is 9.64 Å². The molecule has 1 saturated heterocycles. The number of ether oxygens (including phenoxy) is 1. The molecule has 0 saturated carbocycles. The lowest BCUT2D eigenvalue weighted by Crippen LogP contribution is -2.29. The molecule has 1 amide bonds. The largest absolute Gasteiger partial charge is 0.507 e. The summed E-state index contributed by atoms with van der Waals surface area (Å²) in [6, 6.07) is 14.8. The van der Waals surface area contributed by atoms with Crippen LogP contribution in [0.4, 0.5) is 5.69 Å². The van der Waals surface area contributed by atoms with Gasteiger partial charge in [-0.05, 0) is 53.4 Å². The molecule has 3 aromatic rings. The number of amides is 1. The minimum atomic E-state index is -0.870. The van der Waals surface area contributed by atoms with E-state index in [-0.39, 0.29) is 21.9 Å². The summed E-state index contributed by atoms with van der Waals surface area (Å²) in [7, 11) is 1.49. The molecule has 33 heavy (non-hydrogen) atoms. The van der Waals surface area contributed by atoms with E-state index in [4.69, 9.17) is 16.3 Å². The Kier molecular flexibility index (Phi) is 6.20. The number of nitrogens with zero attached hydrogens (tertiary/aromatic N) is 2. The van der Waals surface area contributed by atoms with E-state index in [1.165, 1.54) is 18.1 Å². The first-order valence-corrected chi connectivity index (χ1v) is 10.9. The maximum Gasteiger partial charge on any atom is 0.300 e. The van der Waals surface area contributed by atoms with E-state index in [0.29, 0.717) is 22.9 Å². The molecular weight excluding hydrogens is 440 g/mol. The van der Waals surface area contributed by atoms with Gasteiger partial charge in [-0.1, -0.05) is 43.6 Å². The molecular formula is C26H23ClN2O4. The molecule has 4 rings (SSSR count). The smallest absolute Gasteiger partial charge is 0.300 e. The van der Waals surface area contributed by atoms with Crippen LogP contribution in [0.5, 0.6) is 5.75 Å². The average molecular weight is 463 g/mol. The number of benzene rings is 2. The van der Waals surface area contributed by atoms with E-state index in [1.807, 2.05) is 24.3 Å². The highest BCUT2D eigenvalue weighted by Crippen LogP contribution is 2.43. The fourth-order valence-electron chi connectivity index (χ4n) is 3.93. The number of hydrogen-bond acceptors (Lipinski definition) is 5. The summed E-state index contributed by atoms with van der Waals surface area (Å²) in [5, 5.41) is 11.5. The van der Waals surface area contributed by atoms with Crippen LogP contribution in [0.1, 0.15) is 42.5 Å². The Morgan fingerprint density at radius 3 is 2.45 bits per heavy atom. The molecule has 168 valence electrons. The standard InChI is InChI=1S/C26H23ClN2O4/c1-15(2)16-6-8-18(9-7-16)29-23(17-5-4-12-28-14-17)22(25(31)26(29)32)24(30)20-13-19(33-3)10-11-21(20)27/h4-15,23,30H,1-3H3/b24-22+. The Bertz CT molecular complexity index is 1240. The second kappa shape index (κ2) is 9.08. The molecule has 6 nitrogen and oxygen atoms in total. The summed E-state index contributed by atoms with van der Waals surface area (Å²) in [6.45, 7) is 4.16. The summed E-state index contributed by atoms with van der Waals surface area (Å²) >= 11 is 6.33. The van der Waals surface area contributed by atoms with Gasteiger partial charge >= 0.3 is 0 Å². The molecule has 0 spiro atoms. The Morgan fingerprint density at radius 2 is 1.85 bits per heavy atom. The van der Waals surface area contributed by atoms with E-state index < -0.39 is 17.7 Å². The van der Waals surface area contributed by atoms with Crippen molar-refractivity contribution in [3.63, 3.8) is 0 Å². The maximum atomic E-state index is 13.2. The van der Waals surface area contributed by atoms with Crippen molar-refractivity contribution >= 4 is 34.7 Å². The predicted molar refractivity (Wildman–Crippen MR) is 128 cm³/mol. The van der Waals surface area contributed by atoms with Gasteiger partial charge in [0, 0.05) is 23.6 Å². The zero-order valence-corrected chi connectivity index (χ0v) is 19.2. The Hall–Kier alpha value is -3.64. The number of aromatic nitrogens is 1. The van der Waals surface area contributed by atoms with Gasteiger partial charge in [-0.15, -0.1) is 0 Å². The zero-order valence-electron chi connectivity index (χ0n) is 18.4. The predicted octanol–water partition coefficient (Wildman–Crippen LogP) is 5.49. The molecule has 0 radical (unpaired) electrons. The van der Waals surface area contributed by atoms with Gasteiger partial charge < -0.3 is 9.84 Å². The van der Waals surface area contributed by atoms with Crippen molar-refractivity contribution in [2.24, 2.45) is 0 Å². The highest BCUT2D eigenvalue weighted by atomic mass is 35.5. The van der Waals surface area contributed by atoms with Gasteiger partial charge in [0.25, 0.3) is 11.7 Å². The number of methoxy groups -OCH3 is 1. The molecule has 1 aromatic heterocycles. The highest BCUT2D eigenvalue weighted by Gasteiger charge is 2.47. The number of aliphatic hydroxyl groups excluding tert-OH is 1. The number of pyridine rings is 1. The number of carbonyl (C=O) groups excluding carboxylic acids is 2. The number of ketones is 1. The Labute approximate surface area is 197 Å². The monoisotopic (exact) mass is 462 g/mol. The minimum Gasteiger partial charge on any atom is -0.507 e. The normalized spacial score (nSPS) is 17.6. The zero-order chi connectivity index (χ0) is 23.7. The third kappa shape index (κ3) is 4.10. The fourth-order valence-corrected chi connectivity index (χ4v) is 4.14. The van der Waals surface area contributed by atoms with E-state index in [2.05, 4.69) is 18.8 Å². The summed E-state index contributed by atoms with van der Waals surface area (Å²) in [5.74, 6) is -1.13. The van der Waals surface area contributed by atoms with E-state index >= 15 is 0 Å². The third-order valence-electron chi connectivity index (χ3n) is 5.71. The molecule has 7 heteroatoms. The Balaban J connectivity index is 1.92. The lowest BCUT2D eigenvalue weighted by Gasteiger charge is -2.25. The molecule has 1 atom stereocenters. The lowest BCUT2D eigenvalue weighted by atomic mass is 9.96. The van der Waals surface area contributed by atoms with Gasteiger partial charge in [-0.25, -0.2) is 0 Å². The van der Waals surface area contributed by atoms with E-state index in [9.17, 15) is 14.7 Å². The number of halogens is 1.